The number of aliphatic hydroxyl groups excluding tert-OH is 1. The SMILES string of the molecule is C=C/C(N)=C(\CCCCN(C=O)/C=C\C(=O)NC)NC[C@@H](O)c1ccc(F)c(OCC2CC2)c1. The number of rotatable bonds is 16. The lowest BCUT2D eigenvalue weighted by Gasteiger charge is -2.18. The standard InChI is InChI=1S/C25H35FN4O4/c1-3-21(27)22(6-4-5-12-30(17-31)13-11-25(33)28-2)29-15-23(32)19-9-10-20(26)24(14-19)34-16-18-7-8-18/h3,9-11,13-14,17-18,23,29,32H,1,4-8,12,15-16,27H2,2H3,(H,28,33)/b13-11-,22-21-/t23-/m1/s1. The summed E-state index contributed by atoms with van der Waals surface area (Å²) in [4.78, 5) is 23.8. The highest BCUT2D eigenvalue weighted by Crippen LogP contribution is 2.31. The number of allylic oxidation sites excluding steroid dienone is 2. The Morgan fingerprint density at radius 1 is 1.41 bits per heavy atom. The van der Waals surface area contributed by atoms with Crippen molar-refractivity contribution in [2.45, 2.75) is 38.2 Å². The summed E-state index contributed by atoms with van der Waals surface area (Å²) in [5.41, 5.74) is 7.78. The van der Waals surface area contributed by atoms with Crippen LogP contribution >= 0.6 is 0 Å². The first kappa shape index (κ1) is 26.9. The van der Waals surface area contributed by atoms with Crippen molar-refractivity contribution < 1.29 is 23.8 Å². The number of hydrogen-bond acceptors (Lipinski definition) is 6. The maximum absolute atomic E-state index is 14.0. The molecule has 0 unspecified atom stereocenters. The molecule has 186 valence electrons. The van der Waals surface area contributed by atoms with E-state index < -0.39 is 11.9 Å². The molecule has 1 aliphatic carbocycles. The number of likely N-dealkylation sites (N-methyl/N-ethyl adjacent to an activating group) is 1. The first-order chi connectivity index (χ1) is 16.4. The predicted octanol–water partition coefficient (Wildman–Crippen LogP) is 2.48. The molecule has 5 N–H and O–H groups in total. The zero-order valence-corrected chi connectivity index (χ0v) is 19.6. The summed E-state index contributed by atoms with van der Waals surface area (Å²) in [7, 11) is 1.51. The van der Waals surface area contributed by atoms with Crippen molar-refractivity contribution in [2.24, 2.45) is 11.7 Å². The summed E-state index contributed by atoms with van der Waals surface area (Å²) in [5.74, 6) is -0.0957. The largest absolute Gasteiger partial charge is 0.490 e. The van der Waals surface area contributed by atoms with Crippen LogP contribution in [0.2, 0.25) is 0 Å². The number of benzene rings is 1. The van der Waals surface area contributed by atoms with Gasteiger partial charge in [-0.1, -0.05) is 12.6 Å². The Hall–Kier alpha value is -3.33. The molecule has 1 saturated carbocycles. The number of unbranched alkanes of at least 4 members (excludes halogenated alkanes) is 1. The average molecular weight is 475 g/mol. The Kier molecular flexibility index (Phi) is 11.1. The van der Waals surface area contributed by atoms with Gasteiger partial charge in [0.05, 0.1) is 18.4 Å². The van der Waals surface area contributed by atoms with Crippen LogP contribution in [0.1, 0.15) is 43.8 Å². The van der Waals surface area contributed by atoms with Gasteiger partial charge < -0.3 is 31.1 Å². The van der Waals surface area contributed by atoms with Gasteiger partial charge in [0.15, 0.2) is 11.6 Å². The molecule has 1 aromatic carbocycles. The molecule has 2 rings (SSSR count). The van der Waals surface area contributed by atoms with E-state index in [2.05, 4.69) is 17.2 Å². The number of ether oxygens (including phenoxy) is 1. The third-order valence-corrected chi connectivity index (χ3v) is 5.48. The Morgan fingerprint density at radius 3 is 2.82 bits per heavy atom. The zero-order chi connectivity index (χ0) is 24.9. The first-order valence-electron chi connectivity index (χ1n) is 11.4. The van der Waals surface area contributed by atoms with Crippen LogP contribution in [0.15, 0.2) is 54.5 Å². The number of aliphatic hydroxyl groups is 1. The van der Waals surface area contributed by atoms with Gasteiger partial charge in [-0.3, -0.25) is 9.59 Å². The van der Waals surface area contributed by atoms with Gasteiger partial charge in [0.2, 0.25) is 12.3 Å². The molecular formula is C25H35FN4O4. The van der Waals surface area contributed by atoms with Crippen LogP contribution in [-0.4, -0.2) is 49.1 Å². The lowest BCUT2D eigenvalue weighted by atomic mass is 10.1. The van der Waals surface area contributed by atoms with Crippen molar-refractivity contribution in [3.63, 3.8) is 0 Å². The summed E-state index contributed by atoms with van der Waals surface area (Å²) in [6.07, 6.45) is 8.19. The van der Waals surface area contributed by atoms with Crippen LogP contribution in [-0.2, 0) is 9.59 Å². The van der Waals surface area contributed by atoms with Gasteiger partial charge in [0.1, 0.15) is 0 Å². The summed E-state index contributed by atoms with van der Waals surface area (Å²) < 4.78 is 19.6. The number of halogens is 1. The zero-order valence-electron chi connectivity index (χ0n) is 19.6. The summed E-state index contributed by atoms with van der Waals surface area (Å²) >= 11 is 0. The van der Waals surface area contributed by atoms with Crippen LogP contribution in [0.3, 0.4) is 0 Å². The van der Waals surface area contributed by atoms with Crippen LogP contribution in [0.25, 0.3) is 0 Å². The quantitative estimate of drug-likeness (QED) is 0.127. The fourth-order valence-electron chi connectivity index (χ4n) is 3.13. The minimum atomic E-state index is -0.892. The molecule has 0 radical (unpaired) electrons. The number of amides is 2. The number of nitrogens with zero attached hydrogens (tertiary/aromatic N) is 1. The summed E-state index contributed by atoms with van der Waals surface area (Å²) in [5, 5.41) is 16.2. The summed E-state index contributed by atoms with van der Waals surface area (Å²) in [6, 6.07) is 4.36. The first-order valence-corrected chi connectivity index (χ1v) is 11.4. The van der Waals surface area contributed by atoms with Gasteiger partial charge in [0, 0.05) is 38.1 Å². The third-order valence-electron chi connectivity index (χ3n) is 5.48. The van der Waals surface area contributed by atoms with E-state index >= 15 is 0 Å². The van der Waals surface area contributed by atoms with E-state index in [0.29, 0.717) is 56.0 Å². The molecule has 1 aliphatic rings. The fourth-order valence-corrected chi connectivity index (χ4v) is 3.13. The highest BCUT2D eigenvalue weighted by molar-refractivity contribution is 5.87. The molecule has 2 amide bonds. The molecule has 0 spiro atoms. The van der Waals surface area contributed by atoms with E-state index in [9.17, 15) is 19.1 Å². The van der Waals surface area contributed by atoms with Crippen molar-refractivity contribution in [1.82, 2.24) is 15.5 Å². The monoisotopic (exact) mass is 474 g/mol. The van der Waals surface area contributed by atoms with Gasteiger partial charge in [-0.2, -0.15) is 0 Å². The molecule has 0 aliphatic heterocycles. The second-order valence-corrected chi connectivity index (χ2v) is 8.21. The average Bonchev–Trinajstić information content (AvgIpc) is 3.68. The Labute approximate surface area is 200 Å². The number of nitrogens with two attached hydrogens (primary N) is 1. The molecule has 0 saturated heterocycles. The van der Waals surface area contributed by atoms with Crippen molar-refractivity contribution in [2.75, 3.05) is 26.7 Å². The van der Waals surface area contributed by atoms with Gasteiger partial charge in [-0.05, 0) is 61.8 Å². The molecule has 1 aromatic rings. The molecule has 1 atom stereocenters. The smallest absolute Gasteiger partial charge is 0.245 e. The fraction of sp³-hybridized carbons (Fsp3) is 0.440. The van der Waals surface area contributed by atoms with Gasteiger partial charge in [0.25, 0.3) is 0 Å². The minimum Gasteiger partial charge on any atom is -0.490 e. The summed E-state index contributed by atoms with van der Waals surface area (Å²) in [6.45, 7) is 4.81. The number of carbonyl (C=O) groups excluding carboxylic acids is 2. The Balaban J connectivity index is 1.86. The highest BCUT2D eigenvalue weighted by Gasteiger charge is 2.23. The molecule has 8 nitrogen and oxygen atoms in total. The molecular weight excluding hydrogens is 439 g/mol. The van der Waals surface area contributed by atoms with Crippen molar-refractivity contribution in [3.8, 4) is 5.75 Å². The van der Waals surface area contributed by atoms with E-state index in [4.69, 9.17) is 10.5 Å². The number of carbonyl (C=O) groups is 2. The van der Waals surface area contributed by atoms with E-state index in [-0.39, 0.29) is 18.2 Å². The molecule has 0 aromatic heterocycles. The number of hydrogen-bond donors (Lipinski definition) is 4. The van der Waals surface area contributed by atoms with Gasteiger partial charge >= 0.3 is 0 Å². The van der Waals surface area contributed by atoms with E-state index in [0.717, 1.165) is 18.5 Å². The van der Waals surface area contributed by atoms with Crippen LogP contribution in [0.4, 0.5) is 4.39 Å². The Morgan fingerprint density at radius 2 is 2.18 bits per heavy atom. The maximum atomic E-state index is 14.0. The highest BCUT2D eigenvalue weighted by atomic mass is 19.1. The number of nitrogens with one attached hydrogen (secondary N) is 2. The predicted molar refractivity (Wildman–Crippen MR) is 129 cm³/mol. The van der Waals surface area contributed by atoms with Crippen molar-refractivity contribution >= 4 is 12.3 Å². The molecule has 0 heterocycles. The topological polar surface area (TPSA) is 117 Å². The van der Waals surface area contributed by atoms with Crippen molar-refractivity contribution in [3.05, 3.63) is 65.9 Å². The lowest BCUT2D eigenvalue weighted by Crippen LogP contribution is -2.24. The van der Waals surface area contributed by atoms with Crippen LogP contribution < -0.4 is 21.1 Å². The minimum absolute atomic E-state index is 0.148. The van der Waals surface area contributed by atoms with Gasteiger partial charge in [-0.25, -0.2) is 4.39 Å². The lowest BCUT2D eigenvalue weighted by molar-refractivity contribution is -0.116. The molecule has 9 heteroatoms. The van der Waals surface area contributed by atoms with E-state index in [1.165, 1.54) is 48.5 Å². The molecule has 34 heavy (non-hydrogen) atoms. The van der Waals surface area contributed by atoms with E-state index in [1.54, 1.807) is 0 Å². The van der Waals surface area contributed by atoms with Gasteiger partial charge in [-0.15, -0.1) is 0 Å². The molecule has 0 bridgehead atoms. The third kappa shape index (κ3) is 9.27. The van der Waals surface area contributed by atoms with Crippen LogP contribution in [0, 0.1) is 11.7 Å². The van der Waals surface area contributed by atoms with Crippen molar-refractivity contribution in [1.29, 1.82) is 0 Å². The second-order valence-electron chi connectivity index (χ2n) is 8.21. The normalized spacial score (nSPS) is 14.8. The maximum Gasteiger partial charge on any atom is 0.245 e. The second kappa shape index (κ2) is 14.0. The Bertz CT molecular complexity index is 899. The van der Waals surface area contributed by atoms with E-state index in [1.807, 2.05) is 0 Å². The molecule has 1 fully saturated rings. The van der Waals surface area contributed by atoms with Crippen LogP contribution in [0.5, 0.6) is 5.75 Å².